The molecule has 150 valence electrons. The van der Waals surface area contributed by atoms with E-state index in [2.05, 4.69) is 33.8 Å². The second kappa shape index (κ2) is 8.27. The molecule has 1 fully saturated rings. The number of pyridine rings is 1. The molecule has 2 aromatic rings. The number of aromatic nitrogens is 2. The Bertz CT molecular complexity index is 836. The lowest BCUT2D eigenvalue weighted by atomic mass is 9.96. The van der Waals surface area contributed by atoms with Crippen LogP contribution in [0.3, 0.4) is 0 Å². The van der Waals surface area contributed by atoms with E-state index in [0.29, 0.717) is 13.0 Å². The highest BCUT2D eigenvalue weighted by molar-refractivity contribution is 5.50. The molecule has 4 rings (SSSR count). The first-order valence-electron chi connectivity index (χ1n) is 10.3. The van der Waals surface area contributed by atoms with E-state index >= 15 is 0 Å². The van der Waals surface area contributed by atoms with Gasteiger partial charge in [0.1, 0.15) is 5.82 Å². The number of nitrogens with zero attached hydrogens (tertiary/aromatic N) is 4. The number of fused-ring (bicyclic) bond motifs is 1. The quantitative estimate of drug-likeness (QED) is 0.594. The number of hydrogen-bond donors (Lipinski definition) is 2. The van der Waals surface area contributed by atoms with Gasteiger partial charge in [-0.25, -0.2) is 4.98 Å². The number of allylic oxidation sites excluding steroid dienone is 2. The third kappa shape index (κ3) is 3.87. The Kier molecular flexibility index (Phi) is 5.57. The molecule has 0 atom stereocenters. The zero-order valence-electron chi connectivity index (χ0n) is 16.6. The summed E-state index contributed by atoms with van der Waals surface area (Å²) in [5.74, 6) is 1.57. The minimum Gasteiger partial charge on any atom is -0.494 e. The van der Waals surface area contributed by atoms with Crippen molar-refractivity contribution in [1.29, 1.82) is 0 Å². The summed E-state index contributed by atoms with van der Waals surface area (Å²) in [6.07, 6.45) is 7.44. The number of rotatable bonds is 6. The molecule has 2 aliphatic rings. The molecule has 6 heteroatoms. The van der Waals surface area contributed by atoms with Gasteiger partial charge in [0.2, 0.25) is 0 Å². The third-order valence-electron chi connectivity index (χ3n) is 5.98. The highest BCUT2D eigenvalue weighted by Crippen LogP contribution is 2.38. The van der Waals surface area contributed by atoms with Crippen LogP contribution in [0.15, 0.2) is 36.0 Å². The topological polar surface area (TPSA) is 64.8 Å². The van der Waals surface area contributed by atoms with Crippen LogP contribution in [0.4, 0.5) is 5.82 Å². The Morgan fingerprint density at radius 3 is 2.46 bits per heavy atom. The van der Waals surface area contributed by atoms with Gasteiger partial charge >= 0.3 is 0 Å². The van der Waals surface area contributed by atoms with Gasteiger partial charge in [0.15, 0.2) is 11.8 Å². The van der Waals surface area contributed by atoms with Gasteiger partial charge in [-0.2, -0.15) is 0 Å². The molecule has 0 amide bonds. The van der Waals surface area contributed by atoms with Crippen molar-refractivity contribution in [2.24, 2.45) is 0 Å². The second-order valence-corrected chi connectivity index (χ2v) is 7.91. The third-order valence-corrected chi connectivity index (χ3v) is 5.98. The molecule has 2 N–H and O–H groups in total. The van der Waals surface area contributed by atoms with E-state index in [-0.39, 0.29) is 11.8 Å². The molecule has 28 heavy (non-hydrogen) atoms. The van der Waals surface area contributed by atoms with Gasteiger partial charge < -0.3 is 15.1 Å². The molecular formula is C22H30N4O2. The summed E-state index contributed by atoms with van der Waals surface area (Å²) in [5.41, 5.74) is 3.06. The minimum absolute atomic E-state index is 0.250. The molecular weight excluding hydrogens is 352 g/mol. The summed E-state index contributed by atoms with van der Waals surface area (Å²) < 4.78 is 1.69. The van der Waals surface area contributed by atoms with E-state index in [9.17, 15) is 10.2 Å². The van der Waals surface area contributed by atoms with E-state index in [1.165, 1.54) is 5.57 Å². The highest BCUT2D eigenvalue weighted by atomic mass is 16.3. The van der Waals surface area contributed by atoms with Crippen molar-refractivity contribution in [3.05, 3.63) is 47.2 Å². The average molecular weight is 383 g/mol. The zero-order chi connectivity index (χ0) is 19.5. The first-order chi connectivity index (χ1) is 13.6. The van der Waals surface area contributed by atoms with Crippen molar-refractivity contribution in [2.75, 3.05) is 37.6 Å². The number of aromatic hydroxyl groups is 2. The van der Waals surface area contributed by atoms with Gasteiger partial charge in [-0.15, -0.1) is 0 Å². The van der Waals surface area contributed by atoms with Crippen LogP contribution in [0, 0.1) is 0 Å². The largest absolute Gasteiger partial charge is 0.494 e. The fourth-order valence-electron chi connectivity index (χ4n) is 4.28. The molecule has 1 aliphatic carbocycles. The Balaban J connectivity index is 1.23. The molecule has 3 heterocycles. The summed E-state index contributed by atoms with van der Waals surface area (Å²) in [4.78, 5) is 9.27. The van der Waals surface area contributed by atoms with Gasteiger partial charge in [0.25, 0.3) is 0 Å². The Labute approximate surface area is 166 Å². The zero-order valence-corrected chi connectivity index (χ0v) is 16.6. The molecule has 0 saturated carbocycles. The number of unbranched alkanes of at least 4 members (excludes halogenated alkanes) is 1. The van der Waals surface area contributed by atoms with Gasteiger partial charge in [-0.3, -0.25) is 9.47 Å². The first-order valence-corrected chi connectivity index (χ1v) is 10.3. The van der Waals surface area contributed by atoms with Crippen molar-refractivity contribution in [3.8, 4) is 11.8 Å². The second-order valence-electron chi connectivity index (χ2n) is 7.91. The van der Waals surface area contributed by atoms with E-state index in [0.717, 1.165) is 68.9 Å². The van der Waals surface area contributed by atoms with Crippen LogP contribution in [-0.2, 0) is 19.4 Å². The molecule has 1 aliphatic heterocycles. The summed E-state index contributed by atoms with van der Waals surface area (Å²) in [6, 6.07) is 6.06. The van der Waals surface area contributed by atoms with Crippen LogP contribution in [0.25, 0.3) is 0 Å². The van der Waals surface area contributed by atoms with E-state index in [4.69, 9.17) is 0 Å². The van der Waals surface area contributed by atoms with Crippen molar-refractivity contribution in [1.82, 2.24) is 14.5 Å². The van der Waals surface area contributed by atoms with E-state index in [1.54, 1.807) is 4.57 Å². The summed E-state index contributed by atoms with van der Waals surface area (Å²) >= 11 is 0. The van der Waals surface area contributed by atoms with Crippen molar-refractivity contribution >= 4 is 5.82 Å². The van der Waals surface area contributed by atoms with E-state index in [1.807, 2.05) is 18.3 Å². The maximum Gasteiger partial charge on any atom is 0.197 e. The molecule has 0 radical (unpaired) electrons. The normalized spacial score (nSPS) is 17.5. The fraction of sp³-hybridized carbons (Fsp3) is 0.500. The van der Waals surface area contributed by atoms with Crippen LogP contribution in [0.2, 0.25) is 0 Å². The van der Waals surface area contributed by atoms with Crippen LogP contribution in [-0.4, -0.2) is 57.4 Å². The lowest BCUT2D eigenvalue weighted by molar-refractivity contribution is 0.249. The molecule has 0 spiro atoms. The Morgan fingerprint density at radius 1 is 0.964 bits per heavy atom. The molecule has 2 aromatic heterocycles. The van der Waals surface area contributed by atoms with Crippen LogP contribution >= 0.6 is 0 Å². The molecule has 0 bridgehead atoms. The lowest BCUT2D eigenvalue weighted by Gasteiger charge is -2.35. The monoisotopic (exact) mass is 382 g/mol. The number of anilines is 1. The highest BCUT2D eigenvalue weighted by Gasteiger charge is 2.24. The predicted octanol–water partition coefficient (Wildman–Crippen LogP) is 2.94. The maximum atomic E-state index is 10.5. The molecule has 0 unspecified atom stereocenters. The minimum atomic E-state index is 0.250. The Hall–Kier alpha value is -2.47. The maximum absolute atomic E-state index is 10.5. The van der Waals surface area contributed by atoms with Gasteiger partial charge in [0, 0.05) is 50.0 Å². The standard InChI is InChI=1S/C22H30N4O2/c1-17-7-8-18-19(16-17)22(28)26(21(18)27)11-5-4-10-24-12-14-25(15-13-24)20-6-2-3-9-23-20/h2-3,6-7,9,27-28H,4-5,8,10-16H2,1H3. The number of hydrogen-bond acceptors (Lipinski definition) is 5. The number of piperazine rings is 1. The summed E-state index contributed by atoms with van der Waals surface area (Å²) in [6.45, 7) is 7.91. The lowest BCUT2D eigenvalue weighted by Crippen LogP contribution is -2.46. The van der Waals surface area contributed by atoms with Crippen LogP contribution in [0.5, 0.6) is 11.8 Å². The molecule has 6 nitrogen and oxygen atoms in total. The SMILES string of the molecule is CC1=CCc2c(c(O)n(CCCCN3CCN(c4ccccn4)CC3)c2O)C1. The Morgan fingerprint density at radius 2 is 1.71 bits per heavy atom. The van der Waals surface area contributed by atoms with E-state index < -0.39 is 0 Å². The fourth-order valence-corrected chi connectivity index (χ4v) is 4.28. The molecule has 1 saturated heterocycles. The van der Waals surface area contributed by atoms with Crippen molar-refractivity contribution < 1.29 is 10.2 Å². The van der Waals surface area contributed by atoms with Crippen molar-refractivity contribution in [3.63, 3.8) is 0 Å². The predicted molar refractivity (Wildman–Crippen MR) is 111 cm³/mol. The first kappa shape index (κ1) is 18.9. The smallest absolute Gasteiger partial charge is 0.197 e. The average Bonchev–Trinajstić information content (AvgIpc) is 2.96. The summed E-state index contributed by atoms with van der Waals surface area (Å²) in [5, 5.41) is 21.0. The van der Waals surface area contributed by atoms with Crippen molar-refractivity contribution in [2.45, 2.75) is 39.2 Å². The van der Waals surface area contributed by atoms with Crippen LogP contribution < -0.4 is 4.90 Å². The van der Waals surface area contributed by atoms with Crippen LogP contribution in [0.1, 0.15) is 30.9 Å². The van der Waals surface area contributed by atoms with Gasteiger partial charge in [-0.1, -0.05) is 17.7 Å². The summed E-state index contributed by atoms with van der Waals surface area (Å²) in [7, 11) is 0. The van der Waals surface area contributed by atoms with Gasteiger partial charge in [0.05, 0.1) is 0 Å². The van der Waals surface area contributed by atoms with Gasteiger partial charge in [-0.05, 0) is 51.3 Å². The molecule has 0 aromatic carbocycles.